The lowest BCUT2D eigenvalue weighted by molar-refractivity contribution is -0.151. The van der Waals surface area contributed by atoms with Crippen LogP contribution in [0.4, 0.5) is 0 Å². The number of amides is 1. The van der Waals surface area contributed by atoms with Gasteiger partial charge in [0, 0.05) is 12.7 Å². The maximum Gasteiger partial charge on any atom is 0.329 e. The molecule has 0 fully saturated rings. The van der Waals surface area contributed by atoms with Crippen molar-refractivity contribution in [3.63, 3.8) is 0 Å². The first kappa shape index (κ1) is 14.3. The van der Waals surface area contributed by atoms with E-state index >= 15 is 0 Å². The molecular weight excluding hydrogens is 214 g/mol. The first-order valence-corrected chi connectivity index (χ1v) is 5.73. The molecule has 0 aromatic rings. The Hall–Kier alpha value is -0.710. The summed E-state index contributed by atoms with van der Waals surface area (Å²) >= 11 is 3.99. The highest BCUT2D eigenvalue weighted by Crippen LogP contribution is 2.03. The fraction of sp³-hybridized carbons (Fsp3) is 0.800. The number of hydrogen-bond donors (Lipinski definition) is 2. The largest absolute Gasteiger partial charge is 0.461 e. The molecule has 1 amide bonds. The van der Waals surface area contributed by atoms with E-state index < -0.39 is 12.0 Å². The molecule has 2 atom stereocenters. The van der Waals surface area contributed by atoms with Gasteiger partial charge in [-0.1, -0.05) is 13.3 Å². The van der Waals surface area contributed by atoms with E-state index in [0.717, 1.165) is 12.8 Å². The summed E-state index contributed by atoms with van der Waals surface area (Å²) in [5.74, 6) is -0.424. The van der Waals surface area contributed by atoms with E-state index in [-0.39, 0.29) is 17.8 Å². The first-order valence-electron chi connectivity index (χ1n) is 5.09. The molecule has 1 N–H and O–H groups in total. The van der Waals surface area contributed by atoms with Gasteiger partial charge in [0.25, 0.3) is 0 Å². The van der Waals surface area contributed by atoms with Crippen LogP contribution in [0.3, 0.4) is 0 Å². The molecule has 5 heteroatoms. The number of rotatable bonds is 6. The summed E-state index contributed by atoms with van der Waals surface area (Å²) in [5.41, 5.74) is 0. The zero-order chi connectivity index (χ0) is 11.8. The van der Waals surface area contributed by atoms with Crippen molar-refractivity contribution in [3.05, 3.63) is 0 Å². The Kier molecular flexibility index (Phi) is 7.21. The molecule has 0 aromatic carbocycles. The SMILES string of the molecule is CCCC(C)OC(=O)C(CS)NC(C)=O. The summed E-state index contributed by atoms with van der Waals surface area (Å²) in [6.07, 6.45) is 1.67. The molecule has 0 aromatic heterocycles. The molecule has 0 aliphatic heterocycles. The monoisotopic (exact) mass is 233 g/mol. The van der Waals surface area contributed by atoms with Crippen molar-refractivity contribution >= 4 is 24.5 Å². The number of nitrogens with one attached hydrogen (secondary N) is 1. The van der Waals surface area contributed by atoms with Crippen molar-refractivity contribution in [2.75, 3.05) is 5.75 Å². The minimum atomic E-state index is -0.648. The van der Waals surface area contributed by atoms with Crippen LogP contribution in [0.1, 0.15) is 33.6 Å². The van der Waals surface area contributed by atoms with E-state index in [9.17, 15) is 9.59 Å². The quantitative estimate of drug-likeness (QED) is 0.534. The van der Waals surface area contributed by atoms with E-state index in [1.165, 1.54) is 6.92 Å². The third kappa shape index (κ3) is 6.38. The Morgan fingerprint density at radius 2 is 2.07 bits per heavy atom. The highest BCUT2D eigenvalue weighted by atomic mass is 32.1. The smallest absolute Gasteiger partial charge is 0.329 e. The second-order valence-electron chi connectivity index (χ2n) is 3.47. The van der Waals surface area contributed by atoms with E-state index in [0.29, 0.717) is 0 Å². The molecule has 4 nitrogen and oxygen atoms in total. The van der Waals surface area contributed by atoms with Crippen LogP contribution in [0.5, 0.6) is 0 Å². The van der Waals surface area contributed by atoms with E-state index in [1.54, 1.807) is 0 Å². The Balaban J connectivity index is 4.09. The Morgan fingerprint density at radius 1 is 1.47 bits per heavy atom. The molecule has 2 unspecified atom stereocenters. The summed E-state index contributed by atoms with van der Waals surface area (Å²) in [6, 6.07) is -0.648. The molecule has 0 saturated heterocycles. The molecule has 15 heavy (non-hydrogen) atoms. The number of hydrogen-bond acceptors (Lipinski definition) is 4. The van der Waals surface area contributed by atoms with Crippen molar-refractivity contribution in [1.29, 1.82) is 0 Å². The van der Waals surface area contributed by atoms with Crippen LogP contribution in [0.25, 0.3) is 0 Å². The third-order valence-electron chi connectivity index (χ3n) is 1.86. The van der Waals surface area contributed by atoms with Crippen molar-refractivity contribution in [2.45, 2.75) is 45.8 Å². The Bertz CT molecular complexity index is 221. The van der Waals surface area contributed by atoms with E-state index in [4.69, 9.17) is 4.74 Å². The van der Waals surface area contributed by atoms with Crippen molar-refractivity contribution in [3.8, 4) is 0 Å². The number of thiol groups is 1. The van der Waals surface area contributed by atoms with Gasteiger partial charge in [0.2, 0.25) is 5.91 Å². The first-order chi connectivity index (χ1) is 7.01. The van der Waals surface area contributed by atoms with Gasteiger partial charge in [-0.2, -0.15) is 12.6 Å². The van der Waals surface area contributed by atoms with Gasteiger partial charge in [-0.15, -0.1) is 0 Å². The Morgan fingerprint density at radius 3 is 2.47 bits per heavy atom. The van der Waals surface area contributed by atoms with Gasteiger partial charge in [0.1, 0.15) is 6.04 Å². The van der Waals surface area contributed by atoms with Gasteiger partial charge in [0.15, 0.2) is 0 Å². The van der Waals surface area contributed by atoms with Crippen LogP contribution in [-0.4, -0.2) is 29.8 Å². The lowest BCUT2D eigenvalue weighted by atomic mass is 10.2. The maximum absolute atomic E-state index is 11.5. The van der Waals surface area contributed by atoms with Crippen molar-refractivity contribution in [1.82, 2.24) is 5.32 Å². The standard InChI is InChI=1S/C10H19NO3S/c1-4-5-7(2)14-10(13)9(6-15)11-8(3)12/h7,9,15H,4-6H2,1-3H3,(H,11,12). The average molecular weight is 233 g/mol. The number of ether oxygens (including phenoxy) is 1. The second-order valence-corrected chi connectivity index (χ2v) is 3.84. The van der Waals surface area contributed by atoms with Crippen LogP contribution >= 0.6 is 12.6 Å². The summed E-state index contributed by atoms with van der Waals surface area (Å²) in [4.78, 5) is 22.3. The normalized spacial score (nSPS) is 14.1. The molecule has 0 bridgehead atoms. The van der Waals surface area contributed by atoms with Gasteiger partial charge < -0.3 is 10.1 Å². The van der Waals surface area contributed by atoms with Gasteiger partial charge >= 0.3 is 5.97 Å². The summed E-state index contributed by atoms with van der Waals surface area (Å²) < 4.78 is 5.14. The molecule has 0 rings (SSSR count). The lowest BCUT2D eigenvalue weighted by Gasteiger charge is -2.18. The topological polar surface area (TPSA) is 55.4 Å². The van der Waals surface area contributed by atoms with Crippen LogP contribution in [0, 0.1) is 0 Å². The molecule has 0 saturated carbocycles. The molecular formula is C10H19NO3S. The van der Waals surface area contributed by atoms with Gasteiger partial charge in [0.05, 0.1) is 6.10 Å². The molecule has 0 aliphatic rings. The highest BCUT2D eigenvalue weighted by Gasteiger charge is 2.20. The number of carbonyl (C=O) groups excluding carboxylic acids is 2. The molecule has 0 spiro atoms. The van der Waals surface area contributed by atoms with Crippen molar-refractivity contribution < 1.29 is 14.3 Å². The fourth-order valence-electron chi connectivity index (χ4n) is 1.17. The summed E-state index contributed by atoms with van der Waals surface area (Å²) in [5, 5.41) is 2.49. The molecule has 88 valence electrons. The molecule has 0 radical (unpaired) electrons. The number of esters is 1. The van der Waals surface area contributed by atoms with Crippen LogP contribution in [-0.2, 0) is 14.3 Å². The molecule has 0 heterocycles. The van der Waals surface area contributed by atoms with Gasteiger partial charge in [-0.05, 0) is 13.3 Å². The second kappa shape index (κ2) is 7.56. The van der Waals surface area contributed by atoms with Gasteiger partial charge in [-0.25, -0.2) is 4.79 Å². The van der Waals surface area contributed by atoms with Crippen molar-refractivity contribution in [2.24, 2.45) is 0 Å². The van der Waals surface area contributed by atoms with Crippen LogP contribution in [0.2, 0.25) is 0 Å². The zero-order valence-corrected chi connectivity index (χ0v) is 10.3. The van der Waals surface area contributed by atoms with E-state index in [1.807, 2.05) is 13.8 Å². The maximum atomic E-state index is 11.5. The predicted octanol–water partition coefficient (Wildman–Crippen LogP) is 1.15. The Labute approximate surface area is 96.2 Å². The van der Waals surface area contributed by atoms with Crippen LogP contribution in [0.15, 0.2) is 0 Å². The molecule has 0 aliphatic carbocycles. The predicted molar refractivity (Wildman–Crippen MR) is 61.9 cm³/mol. The zero-order valence-electron chi connectivity index (χ0n) is 9.45. The summed E-state index contributed by atoms with van der Waals surface area (Å²) in [6.45, 7) is 5.22. The van der Waals surface area contributed by atoms with E-state index in [2.05, 4.69) is 17.9 Å². The minimum Gasteiger partial charge on any atom is -0.461 e. The lowest BCUT2D eigenvalue weighted by Crippen LogP contribution is -2.43. The third-order valence-corrected chi connectivity index (χ3v) is 2.22. The average Bonchev–Trinajstić information content (AvgIpc) is 2.13. The fourth-order valence-corrected chi connectivity index (χ4v) is 1.41. The number of carbonyl (C=O) groups is 2. The summed E-state index contributed by atoms with van der Waals surface area (Å²) in [7, 11) is 0. The van der Waals surface area contributed by atoms with Crippen LogP contribution < -0.4 is 5.32 Å². The highest BCUT2D eigenvalue weighted by molar-refractivity contribution is 7.80. The van der Waals surface area contributed by atoms with Gasteiger partial charge in [-0.3, -0.25) is 4.79 Å². The minimum absolute atomic E-state index is 0.112.